The van der Waals surface area contributed by atoms with Crippen molar-refractivity contribution in [2.45, 2.75) is 61.7 Å². The molecule has 36 heavy (non-hydrogen) atoms. The molecule has 3 unspecified atom stereocenters. The van der Waals surface area contributed by atoms with E-state index in [0.717, 1.165) is 17.2 Å². The zero-order chi connectivity index (χ0) is 25.6. The highest BCUT2D eigenvalue weighted by Gasteiger charge is 2.76. The number of aliphatic hydroxyl groups excluding tert-OH is 1. The van der Waals surface area contributed by atoms with Crippen LogP contribution in [-0.2, 0) is 19.1 Å². The van der Waals surface area contributed by atoms with Crippen LogP contribution in [0.3, 0.4) is 0 Å². The van der Waals surface area contributed by atoms with Gasteiger partial charge in [-0.1, -0.05) is 60.1 Å². The summed E-state index contributed by atoms with van der Waals surface area (Å²) in [6.07, 6.45) is 1.18. The number of alkyl halides is 1. The van der Waals surface area contributed by atoms with Gasteiger partial charge in [0.25, 0.3) is 0 Å². The molecule has 3 N–H and O–H groups in total. The van der Waals surface area contributed by atoms with Crippen molar-refractivity contribution in [1.29, 1.82) is 0 Å². The van der Waals surface area contributed by atoms with Gasteiger partial charge in [0, 0.05) is 17.1 Å². The molecule has 1 spiro atoms. The molecule has 7 atom stereocenters. The monoisotopic (exact) mass is 557 g/mol. The largest absolute Gasteiger partial charge is 0.394 e. The van der Waals surface area contributed by atoms with E-state index in [2.05, 4.69) is 26.6 Å². The Bertz CT molecular complexity index is 1190. The highest BCUT2D eigenvalue weighted by Crippen LogP contribution is 2.60. The van der Waals surface area contributed by atoms with E-state index in [1.807, 2.05) is 56.3 Å². The Morgan fingerprint density at radius 2 is 1.94 bits per heavy atom. The molecule has 192 valence electrons. The third-order valence-corrected chi connectivity index (χ3v) is 8.76. The molecule has 0 aromatic heterocycles. The van der Waals surface area contributed by atoms with Crippen LogP contribution < -0.4 is 10.6 Å². The Balaban J connectivity index is 1.53. The smallest absolute Gasteiger partial charge is 0.250 e. The van der Waals surface area contributed by atoms with Crippen molar-refractivity contribution in [3.63, 3.8) is 0 Å². The van der Waals surface area contributed by atoms with E-state index in [-0.39, 0.29) is 29.2 Å². The first-order valence-electron chi connectivity index (χ1n) is 12.7. The van der Waals surface area contributed by atoms with Gasteiger partial charge in [0.15, 0.2) is 0 Å². The maximum atomic E-state index is 13.9. The molecule has 5 rings (SSSR count). The number of carbonyl (C=O) groups is 3. The summed E-state index contributed by atoms with van der Waals surface area (Å²) >= 11 is 3.67. The van der Waals surface area contributed by atoms with Crippen LogP contribution in [-0.4, -0.2) is 69.5 Å². The molecule has 3 saturated heterocycles. The topological polar surface area (TPSA) is 108 Å². The van der Waals surface area contributed by atoms with Crippen LogP contribution in [0.1, 0.15) is 33.1 Å². The molecule has 3 heterocycles. The van der Waals surface area contributed by atoms with Crippen molar-refractivity contribution >= 4 is 50.1 Å². The average molecular weight is 558 g/mol. The summed E-state index contributed by atoms with van der Waals surface area (Å²) in [5.41, 5.74) is -0.531. The van der Waals surface area contributed by atoms with Gasteiger partial charge in [-0.05, 0) is 42.2 Å². The van der Waals surface area contributed by atoms with Crippen molar-refractivity contribution in [1.82, 2.24) is 10.2 Å². The SMILES string of the molecule is CCCNC(=O)[C@H]1[C@@H]2OC3(CC2Br)C(C(=O)Nc2ccc4ccccc4c2)N([C@@H](CC)CO)C(=O)[C@H]13. The van der Waals surface area contributed by atoms with Crippen molar-refractivity contribution in [2.24, 2.45) is 11.8 Å². The third-order valence-electron chi connectivity index (χ3n) is 7.92. The zero-order valence-corrected chi connectivity index (χ0v) is 22.0. The van der Waals surface area contributed by atoms with Crippen LogP contribution in [0.4, 0.5) is 5.69 Å². The number of likely N-dealkylation sites (tertiary alicyclic amines) is 1. The van der Waals surface area contributed by atoms with Crippen LogP contribution in [0.15, 0.2) is 42.5 Å². The van der Waals surface area contributed by atoms with Gasteiger partial charge in [-0.25, -0.2) is 0 Å². The number of fused-ring (bicyclic) bond motifs is 2. The Morgan fingerprint density at radius 1 is 1.19 bits per heavy atom. The van der Waals surface area contributed by atoms with Crippen molar-refractivity contribution in [3.8, 4) is 0 Å². The number of hydrogen-bond donors (Lipinski definition) is 3. The number of nitrogens with zero attached hydrogens (tertiary/aromatic N) is 1. The van der Waals surface area contributed by atoms with Gasteiger partial charge in [0.05, 0.1) is 30.6 Å². The lowest BCUT2D eigenvalue weighted by molar-refractivity contribution is -0.144. The molecule has 2 aromatic rings. The summed E-state index contributed by atoms with van der Waals surface area (Å²) in [6.45, 7) is 4.07. The molecule has 3 amide bonds. The van der Waals surface area contributed by atoms with Crippen LogP contribution in [0.25, 0.3) is 10.8 Å². The number of halogens is 1. The first-order chi connectivity index (χ1) is 17.4. The highest BCUT2D eigenvalue weighted by molar-refractivity contribution is 9.09. The average Bonchev–Trinajstić information content (AvgIpc) is 3.47. The molecule has 2 bridgehead atoms. The second-order valence-corrected chi connectivity index (χ2v) is 11.2. The first-order valence-corrected chi connectivity index (χ1v) is 13.6. The van der Waals surface area contributed by atoms with Gasteiger partial charge in [-0.15, -0.1) is 0 Å². The summed E-state index contributed by atoms with van der Waals surface area (Å²) in [5, 5.41) is 18.1. The molecule has 2 aromatic carbocycles. The standard InChI is InChI=1S/C27H32BrN3O5/c1-3-11-29-24(33)20-21-26(35)31(18(4-2)14-32)23(27(21)13-19(28)22(20)36-27)25(34)30-17-10-9-15-7-5-6-8-16(15)12-17/h5-10,12,18-23,32H,3-4,11,13-14H2,1-2H3,(H,29,33)(H,30,34)/t18-,19?,20+,21-,22+,23?,27?/m0/s1. The number of rotatable bonds is 8. The van der Waals surface area contributed by atoms with Crippen LogP contribution in [0, 0.1) is 11.8 Å². The van der Waals surface area contributed by atoms with E-state index in [9.17, 15) is 19.5 Å². The van der Waals surface area contributed by atoms with Crippen LogP contribution >= 0.6 is 15.9 Å². The normalized spacial score (nSPS) is 31.5. The molecule has 9 heteroatoms. The Labute approximate surface area is 218 Å². The van der Waals surface area contributed by atoms with E-state index < -0.39 is 35.6 Å². The molecule has 8 nitrogen and oxygen atoms in total. The van der Waals surface area contributed by atoms with E-state index >= 15 is 0 Å². The Morgan fingerprint density at radius 3 is 2.64 bits per heavy atom. The lowest BCUT2D eigenvalue weighted by atomic mass is 9.70. The number of anilines is 1. The maximum Gasteiger partial charge on any atom is 0.250 e. The number of ether oxygens (including phenoxy) is 1. The van der Waals surface area contributed by atoms with Gasteiger partial charge in [-0.2, -0.15) is 0 Å². The predicted octanol–water partition coefficient (Wildman–Crippen LogP) is 2.82. The molecule has 3 fully saturated rings. The number of hydrogen-bond acceptors (Lipinski definition) is 5. The van der Waals surface area contributed by atoms with E-state index in [0.29, 0.717) is 25.1 Å². The van der Waals surface area contributed by atoms with E-state index in [1.165, 1.54) is 4.90 Å². The minimum atomic E-state index is -1.15. The first kappa shape index (κ1) is 25.2. The molecule has 3 aliphatic rings. The lowest BCUT2D eigenvalue weighted by Gasteiger charge is -2.36. The van der Waals surface area contributed by atoms with Crippen molar-refractivity contribution in [2.75, 3.05) is 18.5 Å². The summed E-state index contributed by atoms with van der Waals surface area (Å²) in [6, 6.07) is 12.0. The molecular formula is C27H32BrN3O5. The summed E-state index contributed by atoms with van der Waals surface area (Å²) in [4.78, 5) is 42.4. The summed E-state index contributed by atoms with van der Waals surface area (Å²) in [5.74, 6) is -2.37. The number of carbonyl (C=O) groups excluding carboxylic acids is 3. The molecule has 3 aliphatic heterocycles. The van der Waals surface area contributed by atoms with Crippen LogP contribution in [0.5, 0.6) is 0 Å². The van der Waals surface area contributed by atoms with Crippen molar-refractivity contribution < 1.29 is 24.2 Å². The number of nitrogens with one attached hydrogen (secondary N) is 2. The van der Waals surface area contributed by atoms with Gasteiger partial charge in [0.1, 0.15) is 11.6 Å². The van der Waals surface area contributed by atoms with Crippen LogP contribution in [0.2, 0.25) is 0 Å². The molecule has 0 radical (unpaired) electrons. The second-order valence-electron chi connectivity index (χ2n) is 10.00. The fourth-order valence-electron chi connectivity index (χ4n) is 6.32. The Hall–Kier alpha value is -2.49. The molecule has 0 aliphatic carbocycles. The fourth-order valence-corrected chi connectivity index (χ4v) is 7.26. The van der Waals surface area contributed by atoms with Gasteiger partial charge >= 0.3 is 0 Å². The van der Waals surface area contributed by atoms with Gasteiger partial charge < -0.3 is 25.4 Å². The molecule has 0 saturated carbocycles. The van der Waals surface area contributed by atoms with Gasteiger partial charge in [-0.3, -0.25) is 14.4 Å². The third kappa shape index (κ3) is 3.83. The Kier molecular flexibility index (Phi) is 6.82. The quantitative estimate of drug-likeness (QED) is 0.432. The summed E-state index contributed by atoms with van der Waals surface area (Å²) in [7, 11) is 0. The number of benzene rings is 2. The predicted molar refractivity (Wildman–Crippen MR) is 140 cm³/mol. The minimum absolute atomic E-state index is 0.163. The second kappa shape index (κ2) is 9.76. The fraction of sp³-hybridized carbons (Fsp3) is 0.519. The summed E-state index contributed by atoms with van der Waals surface area (Å²) < 4.78 is 6.48. The maximum absolute atomic E-state index is 13.9. The van der Waals surface area contributed by atoms with E-state index in [4.69, 9.17) is 4.74 Å². The minimum Gasteiger partial charge on any atom is -0.394 e. The van der Waals surface area contributed by atoms with E-state index in [1.54, 1.807) is 0 Å². The highest BCUT2D eigenvalue weighted by atomic mass is 79.9. The lowest BCUT2D eigenvalue weighted by Crippen LogP contribution is -2.56. The van der Waals surface area contributed by atoms with Gasteiger partial charge in [0.2, 0.25) is 17.7 Å². The number of aliphatic hydroxyl groups is 1. The number of amides is 3. The van der Waals surface area contributed by atoms with Crippen molar-refractivity contribution in [3.05, 3.63) is 42.5 Å². The zero-order valence-electron chi connectivity index (χ0n) is 20.4. The molecular weight excluding hydrogens is 526 g/mol.